The van der Waals surface area contributed by atoms with E-state index in [0.717, 1.165) is 49.8 Å². The Morgan fingerprint density at radius 1 is 1.26 bits per heavy atom. The van der Waals surface area contributed by atoms with Crippen LogP contribution in [-0.2, 0) is 20.7 Å². The van der Waals surface area contributed by atoms with Crippen molar-refractivity contribution in [3.63, 3.8) is 0 Å². The molecule has 1 heterocycles. The van der Waals surface area contributed by atoms with Crippen LogP contribution in [0.25, 0.3) is 0 Å². The Morgan fingerprint density at radius 2 is 1.95 bits per heavy atom. The van der Waals surface area contributed by atoms with Gasteiger partial charge >= 0.3 is 6.09 Å². The quantitative estimate of drug-likeness (QED) is 0.308. The van der Waals surface area contributed by atoms with E-state index in [1.54, 1.807) is 33.2 Å². The highest BCUT2D eigenvalue weighted by molar-refractivity contribution is 7.07. The van der Waals surface area contributed by atoms with Crippen molar-refractivity contribution in [2.75, 3.05) is 6.54 Å². The number of aliphatic hydroxyl groups is 1. The molecule has 9 nitrogen and oxygen atoms in total. The average Bonchev–Trinajstić information content (AvgIpc) is 3.36. The smallest absolute Gasteiger partial charge is 0.417 e. The van der Waals surface area contributed by atoms with E-state index in [4.69, 9.17) is 10.5 Å². The number of rotatable bonds is 13. The average molecular weight is 553 g/mol. The van der Waals surface area contributed by atoms with Gasteiger partial charge in [0.15, 0.2) is 0 Å². The van der Waals surface area contributed by atoms with Crippen LogP contribution in [0.2, 0.25) is 0 Å². The summed E-state index contributed by atoms with van der Waals surface area (Å²) >= 11 is 1.41. The highest BCUT2D eigenvalue weighted by Gasteiger charge is 2.41. The molecular formula is C28H48N4O5S. The van der Waals surface area contributed by atoms with Gasteiger partial charge in [-0.3, -0.25) is 9.59 Å². The number of thiazole rings is 1. The van der Waals surface area contributed by atoms with Gasteiger partial charge in [0.1, 0.15) is 5.60 Å². The molecule has 0 radical (unpaired) electrons. The summed E-state index contributed by atoms with van der Waals surface area (Å²) in [6.45, 7) is 9.59. The van der Waals surface area contributed by atoms with Crippen molar-refractivity contribution < 1.29 is 24.2 Å². The molecule has 1 aromatic rings. The number of imide groups is 1. The highest BCUT2D eigenvalue weighted by Crippen LogP contribution is 2.32. The Hall–Kier alpha value is -2.04. The van der Waals surface area contributed by atoms with E-state index in [-0.39, 0.29) is 24.7 Å². The van der Waals surface area contributed by atoms with Crippen molar-refractivity contribution in [2.24, 2.45) is 17.6 Å². The van der Waals surface area contributed by atoms with Gasteiger partial charge in [-0.15, -0.1) is 11.3 Å². The molecule has 4 atom stereocenters. The van der Waals surface area contributed by atoms with E-state index >= 15 is 0 Å². The lowest BCUT2D eigenvalue weighted by molar-refractivity contribution is -0.137. The fraction of sp³-hybridized carbons (Fsp3) is 0.786. The third-order valence-electron chi connectivity index (χ3n) is 7.00. The van der Waals surface area contributed by atoms with Gasteiger partial charge in [-0.2, -0.15) is 0 Å². The van der Waals surface area contributed by atoms with E-state index in [1.165, 1.54) is 11.3 Å². The van der Waals surface area contributed by atoms with E-state index in [1.807, 2.05) is 5.38 Å². The lowest BCUT2D eigenvalue weighted by Crippen LogP contribution is -2.57. The molecule has 0 aromatic carbocycles. The van der Waals surface area contributed by atoms with Crippen LogP contribution >= 0.6 is 11.3 Å². The number of ether oxygens (including phenoxy) is 1. The largest absolute Gasteiger partial charge is 0.443 e. The van der Waals surface area contributed by atoms with E-state index < -0.39 is 41.7 Å². The summed E-state index contributed by atoms with van der Waals surface area (Å²) in [6, 6.07) is -1.88. The molecule has 0 aliphatic heterocycles. The van der Waals surface area contributed by atoms with Gasteiger partial charge < -0.3 is 20.9 Å². The van der Waals surface area contributed by atoms with Crippen LogP contribution in [0.1, 0.15) is 98.1 Å². The lowest BCUT2D eigenvalue weighted by atomic mass is 9.82. The number of amides is 3. The standard InChI is InChI=1S/C28H48N4O5S/c1-6-7-13-30-25(34)19(2)14-24(33)23(15-20-11-9-8-10-12-20)32(27(36)37-28(3,4)5)26(35)22(29)16-21-17-38-18-31-21/h17-20,22-24,33H,6-16,29H2,1-5H3,(H,30,34)/t19-,22+,23+,24+/m1/s1. The summed E-state index contributed by atoms with van der Waals surface area (Å²) in [4.78, 5) is 45.2. The first-order valence-electron chi connectivity index (χ1n) is 14.1. The molecule has 1 saturated carbocycles. The van der Waals surface area contributed by atoms with Crippen LogP contribution in [0.4, 0.5) is 4.79 Å². The molecule has 1 aliphatic rings. The van der Waals surface area contributed by atoms with E-state index in [0.29, 0.717) is 18.7 Å². The number of hydrogen-bond acceptors (Lipinski definition) is 8. The molecule has 0 unspecified atom stereocenters. The second kappa shape index (κ2) is 15.5. The number of aromatic nitrogens is 1. The third kappa shape index (κ3) is 10.6. The lowest BCUT2D eigenvalue weighted by Gasteiger charge is -2.38. The maximum Gasteiger partial charge on any atom is 0.417 e. The Kier molecular flexibility index (Phi) is 13.1. The summed E-state index contributed by atoms with van der Waals surface area (Å²) in [7, 11) is 0. The molecule has 4 N–H and O–H groups in total. The molecule has 2 rings (SSSR count). The summed E-state index contributed by atoms with van der Waals surface area (Å²) in [6.07, 6.45) is 5.90. The van der Waals surface area contributed by atoms with Crippen molar-refractivity contribution in [3.8, 4) is 0 Å². The van der Waals surface area contributed by atoms with Crippen molar-refractivity contribution in [3.05, 3.63) is 16.6 Å². The van der Waals surface area contributed by atoms with Crippen LogP contribution in [0, 0.1) is 11.8 Å². The minimum Gasteiger partial charge on any atom is -0.443 e. The van der Waals surface area contributed by atoms with Crippen LogP contribution in [0.3, 0.4) is 0 Å². The SMILES string of the molecule is CCCCNC(=O)[C@H](C)C[C@H](O)[C@H](CC1CCCCC1)N(C(=O)OC(C)(C)C)C(=O)[C@@H](N)Cc1cscn1. The normalized spacial score (nSPS) is 17.8. The van der Waals surface area contributed by atoms with Crippen LogP contribution in [-0.4, -0.2) is 63.2 Å². The summed E-state index contributed by atoms with van der Waals surface area (Å²) in [5.74, 6) is -0.990. The number of aliphatic hydroxyl groups excluding tert-OH is 1. The summed E-state index contributed by atoms with van der Waals surface area (Å²) < 4.78 is 5.65. The van der Waals surface area contributed by atoms with E-state index in [2.05, 4.69) is 17.2 Å². The number of nitrogens with two attached hydrogens (primary N) is 1. The molecule has 216 valence electrons. The first-order valence-corrected chi connectivity index (χ1v) is 15.0. The summed E-state index contributed by atoms with van der Waals surface area (Å²) in [5, 5.41) is 16.2. The first kappa shape index (κ1) is 32.2. The zero-order valence-corrected chi connectivity index (χ0v) is 24.6. The molecule has 1 aromatic heterocycles. The van der Waals surface area contributed by atoms with E-state index in [9.17, 15) is 19.5 Å². The van der Waals surface area contributed by atoms with Gasteiger partial charge in [-0.25, -0.2) is 14.7 Å². The predicted molar refractivity (Wildman–Crippen MR) is 150 cm³/mol. The molecule has 1 fully saturated rings. The maximum atomic E-state index is 13.8. The van der Waals surface area contributed by atoms with Crippen LogP contribution in [0.15, 0.2) is 10.9 Å². The van der Waals surface area contributed by atoms with Gasteiger partial charge in [-0.1, -0.05) is 52.4 Å². The summed E-state index contributed by atoms with van der Waals surface area (Å²) in [5.41, 5.74) is 7.81. The minimum atomic E-state index is -1.10. The number of unbranched alkanes of at least 4 members (excludes halogenated alkanes) is 1. The highest BCUT2D eigenvalue weighted by atomic mass is 32.1. The first-order chi connectivity index (χ1) is 17.9. The van der Waals surface area contributed by atoms with Gasteiger partial charge in [0.05, 0.1) is 29.4 Å². The molecular weight excluding hydrogens is 504 g/mol. The van der Waals surface area contributed by atoms with Crippen molar-refractivity contribution >= 4 is 29.2 Å². The molecule has 0 bridgehead atoms. The van der Waals surface area contributed by atoms with Gasteiger partial charge in [0, 0.05) is 24.3 Å². The Morgan fingerprint density at radius 3 is 2.53 bits per heavy atom. The monoisotopic (exact) mass is 552 g/mol. The molecule has 3 amide bonds. The van der Waals surface area contributed by atoms with Gasteiger partial charge in [-0.05, 0) is 46.0 Å². The maximum absolute atomic E-state index is 13.8. The van der Waals surface area contributed by atoms with Crippen molar-refractivity contribution in [1.82, 2.24) is 15.2 Å². The topological polar surface area (TPSA) is 135 Å². The predicted octanol–water partition coefficient (Wildman–Crippen LogP) is 4.42. The van der Waals surface area contributed by atoms with Crippen molar-refractivity contribution in [1.29, 1.82) is 0 Å². The number of hydrogen-bond donors (Lipinski definition) is 3. The number of carbonyl (C=O) groups is 3. The second-order valence-corrected chi connectivity index (χ2v) is 12.4. The Balaban J connectivity index is 2.33. The fourth-order valence-electron chi connectivity index (χ4n) is 4.92. The Bertz CT molecular complexity index is 867. The number of carbonyl (C=O) groups excluding carboxylic acids is 3. The zero-order valence-electron chi connectivity index (χ0n) is 23.8. The number of nitrogens with one attached hydrogen (secondary N) is 1. The molecule has 0 saturated heterocycles. The van der Waals surface area contributed by atoms with Crippen LogP contribution < -0.4 is 11.1 Å². The number of nitrogens with zero attached hydrogens (tertiary/aromatic N) is 2. The molecule has 1 aliphatic carbocycles. The third-order valence-corrected chi connectivity index (χ3v) is 7.64. The van der Waals surface area contributed by atoms with Gasteiger partial charge in [0.25, 0.3) is 0 Å². The Labute approximate surface area is 231 Å². The second-order valence-electron chi connectivity index (χ2n) is 11.6. The molecule has 10 heteroatoms. The minimum absolute atomic E-state index is 0.114. The fourth-order valence-corrected chi connectivity index (χ4v) is 5.49. The zero-order chi connectivity index (χ0) is 28.3. The van der Waals surface area contributed by atoms with Crippen LogP contribution in [0.5, 0.6) is 0 Å². The van der Waals surface area contributed by atoms with Gasteiger partial charge in [0.2, 0.25) is 11.8 Å². The van der Waals surface area contributed by atoms with Crippen molar-refractivity contribution in [2.45, 2.75) is 123 Å². The molecule has 38 heavy (non-hydrogen) atoms. The molecule has 0 spiro atoms.